The van der Waals surface area contributed by atoms with Gasteiger partial charge >= 0.3 is 0 Å². The van der Waals surface area contributed by atoms with Crippen molar-refractivity contribution in [1.29, 1.82) is 0 Å². The maximum absolute atomic E-state index is 12.4. The molecule has 1 aliphatic heterocycles. The van der Waals surface area contributed by atoms with E-state index in [1.165, 1.54) is 23.2 Å². The summed E-state index contributed by atoms with van der Waals surface area (Å²) < 4.78 is 0.808. The smallest absolute Gasteiger partial charge is 0.282 e. The van der Waals surface area contributed by atoms with Crippen LogP contribution in [0.5, 0.6) is 5.75 Å². The first-order valence-electron chi connectivity index (χ1n) is 6.46. The molecule has 0 spiro atoms. The van der Waals surface area contributed by atoms with E-state index in [2.05, 4.69) is 21.4 Å². The highest BCUT2D eigenvalue weighted by atomic mass is 79.9. The number of nitrogens with zero attached hydrogens (tertiary/aromatic N) is 1. The Hall–Kier alpha value is -2.60. The average Bonchev–Trinajstić information content (AvgIpc) is 2.77. The number of carbonyl (C=O) groups is 2. The van der Waals surface area contributed by atoms with Gasteiger partial charge in [-0.1, -0.05) is 34.1 Å². The molecule has 3 rings (SSSR count). The molecule has 1 aliphatic rings. The molecule has 22 heavy (non-hydrogen) atoms. The monoisotopic (exact) mass is 358 g/mol. The third-order valence-electron chi connectivity index (χ3n) is 3.16. The molecule has 0 saturated carbocycles. The van der Waals surface area contributed by atoms with E-state index in [-0.39, 0.29) is 11.3 Å². The number of phenolic OH excluding ortho intramolecular Hbond substituents is 1. The molecule has 2 N–H and O–H groups in total. The molecule has 5 nitrogen and oxygen atoms in total. The number of anilines is 1. The predicted molar refractivity (Wildman–Crippen MR) is 85.9 cm³/mol. The molecular formula is C16H11BrN2O3. The second-order valence-corrected chi connectivity index (χ2v) is 5.63. The van der Waals surface area contributed by atoms with Gasteiger partial charge in [0.25, 0.3) is 11.8 Å². The number of rotatable bonds is 2. The highest BCUT2D eigenvalue weighted by molar-refractivity contribution is 9.10. The number of carbonyl (C=O) groups excluding carboxylic acids is 2. The Balaban J connectivity index is 1.93. The lowest BCUT2D eigenvalue weighted by Gasteiger charge is -2.14. The number of amides is 2. The number of hydrogen-bond donors (Lipinski definition) is 2. The summed E-state index contributed by atoms with van der Waals surface area (Å²) >= 11 is 3.33. The molecule has 1 fully saturated rings. The molecule has 0 aromatic heterocycles. The highest BCUT2D eigenvalue weighted by Crippen LogP contribution is 2.24. The van der Waals surface area contributed by atoms with Gasteiger partial charge in [0, 0.05) is 4.47 Å². The number of aromatic hydroxyl groups is 1. The Bertz CT molecular complexity index is 784. The van der Waals surface area contributed by atoms with Crippen LogP contribution in [0.15, 0.2) is 58.6 Å². The number of halogens is 1. The maximum Gasteiger partial charge on any atom is 0.282 e. The fourth-order valence-corrected chi connectivity index (χ4v) is 2.48. The molecule has 0 atom stereocenters. The standard InChI is InChI=1S/C16H11BrN2O3/c17-11-2-1-3-12(9-11)19-16(22)14(15(21)18-19)8-10-4-6-13(20)7-5-10/h1-9,20H,(H,18,21). The molecule has 0 radical (unpaired) electrons. The van der Waals surface area contributed by atoms with E-state index in [9.17, 15) is 14.7 Å². The lowest BCUT2D eigenvalue weighted by Crippen LogP contribution is -2.35. The van der Waals surface area contributed by atoms with Crippen LogP contribution in [-0.4, -0.2) is 16.9 Å². The van der Waals surface area contributed by atoms with Crippen LogP contribution in [0.2, 0.25) is 0 Å². The van der Waals surface area contributed by atoms with Crippen LogP contribution in [0, 0.1) is 0 Å². The van der Waals surface area contributed by atoms with Gasteiger partial charge in [-0.05, 0) is 42.0 Å². The Morgan fingerprint density at radius 3 is 2.50 bits per heavy atom. The highest BCUT2D eigenvalue weighted by Gasteiger charge is 2.34. The minimum atomic E-state index is -0.460. The van der Waals surface area contributed by atoms with Gasteiger partial charge in [-0.2, -0.15) is 0 Å². The first-order valence-corrected chi connectivity index (χ1v) is 7.25. The van der Waals surface area contributed by atoms with Gasteiger partial charge in [0.05, 0.1) is 5.69 Å². The number of hydrogen-bond acceptors (Lipinski definition) is 3. The van der Waals surface area contributed by atoms with Gasteiger partial charge in [-0.3, -0.25) is 15.0 Å². The average molecular weight is 359 g/mol. The van der Waals surface area contributed by atoms with Crippen molar-refractivity contribution in [2.24, 2.45) is 0 Å². The molecule has 110 valence electrons. The van der Waals surface area contributed by atoms with Crippen molar-refractivity contribution in [2.75, 3.05) is 5.01 Å². The van der Waals surface area contributed by atoms with E-state index >= 15 is 0 Å². The molecule has 1 heterocycles. The summed E-state index contributed by atoms with van der Waals surface area (Å²) in [6, 6.07) is 13.3. The van der Waals surface area contributed by atoms with Crippen molar-refractivity contribution >= 4 is 39.5 Å². The van der Waals surface area contributed by atoms with Gasteiger partial charge in [0.15, 0.2) is 0 Å². The van der Waals surface area contributed by atoms with Gasteiger partial charge in [0.2, 0.25) is 0 Å². The zero-order chi connectivity index (χ0) is 15.7. The Morgan fingerprint density at radius 1 is 1.09 bits per heavy atom. The van der Waals surface area contributed by atoms with Crippen LogP contribution in [0.4, 0.5) is 5.69 Å². The fraction of sp³-hybridized carbons (Fsp3) is 0. The topological polar surface area (TPSA) is 69.6 Å². The third-order valence-corrected chi connectivity index (χ3v) is 3.66. The number of benzene rings is 2. The van der Waals surface area contributed by atoms with Gasteiger partial charge in [0.1, 0.15) is 11.3 Å². The molecule has 0 aliphatic carbocycles. The fourth-order valence-electron chi connectivity index (χ4n) is 2.09. The molecule has 2 amide bonds. The van der Waals surface area contributed by atoms with Crippen LogP contribution < -0.4 is 10.4 Å². The van der Waals surface area contributed by atoms with Crippen molar-refractivity contribution in [3.8, 4) is 5.75 Å². The molecule has 6 heteroatoms. The molecule has 2 aromatic carbocycles. The Kier molecular flexibility index (Phi) is 3.68. The van der Waals surface area contributed by atoms with Crippen molar-refractivity contribution in [3.05, 3.63) is 64.1 Å². The molecule has 1 saturated heterocycles. The number of phenols is 1. The van der Waals surface area contributed by atoms with Crippen molar-refractivity contribution in [3.63, 3.8) is 0 Å². The maximum atomic E-state index is 12.4. The third kappa shape index (κ3) is 2.73. The van der Waals surface area contributed by atoms with E-state index in [4.69, 9.17) is 0 Å². The summed E-state index contributed by atoms with van der Waals surface area (Å²) in [4.78, 5) is 24.4. The quantitative estimate of drug-likeness (QED) is 0.640. The summed E-state index contributed by atoms with van der Waals surface area (Å²) in [7, 11) is 0. The number of nitrogens with one attached hydrogen (secondary N) is 1. The summed E-state index contributed by atoms with van der Waals surface area (Å²) in [6.45, 7) is 0. The molecule has 0 bridgehead atoms. The van der Waals surface area contributed by atoms with Crippen LogP contribution in [-0.2, 0) is 9.59 Å². The van der Waals surface area contributed by atoms with E-state index in [0.717, 1.165) is 4.47 Å². The van der Waals surface area contributed by atoms with Gasteiger partial charge < -0.3 is 5.11 Å². The summed E-state index contributed by atoms with van der Waals surface area (Å²) in [5, 5.41) is 10.5. The van der Waals surface area contributed by atoms with Gasteiger partial charge in [-0.15, -0.1) is 0 Å². The first kappa shape index (κ1) is 14.3. The molecule has 0 unspecified atom stereocenters. The lowest BCUT2D eigenvalue weighted by molar-refractivity contribution is -0.117. The van der Waals surface area contributed by atoms with E-state index in [1.54, 1.807) is 30.3 Å². The van der Waals surface area contributed by atoms with Crippen molar-refractivity contribution in [1.82, 2.24) is 5.43 Å². The summed E-state index contributed by atoms with van der Waals surface area (Å²) in [5.74, 6) is -0.755. The van der Waals surface area contributed by atoms with E-state index in [1.807, 2.05) is 6.07 Å². The van der Waals surface area contributed by atoms with Crippen LogP contribution in [0.25, 0.3) is 6.08 Å². The second-order valence-electron chi connectivity index (χ2n) is 4.71. The van der Waals surface area contributed by atoms with Crippen LogP contribution in [0.1, 0.15) is 5.56 Å². The summed E-state index contributed by atoms with van der Waals surface area (Å²) in [5.41, 5.74) is 3.81. The SMILES string of the molecule is O=C1NN(c2cccc(Br)c2)C(=O)C1=Cc1ccc(O)cc1. The Labute approximate surface area is 135 Å². The zero-order valence-corrected chi connectivity index (χ0v) is 12.9. The zero-order valence-electron chi connectivity index (χ0n) is 11.3. The van der Waals surface area contributed by atoms with E-state index in [0.29, 0.717) is 11.3 Å². The lowest BCUT2D eigenvalue weighted by atomic mass is 10.1. The van der Waals surface area contributed by atoms with E-state index < -0.39 is 11.8 Å². The largest absolute Gasteiger partial charge is 0.508 e. The van der Waals surface area contributed by atoms with Crippen LogP contribution >= 0.6 is 15.9 Å². The summed E-state index contributed by atoms with van der Waals surface area (Å²) in [6.07, 6.45) is 1.50. The molecule has 2 aromatic rings. The predicted octanol–water partition coefficient (Wildman–Crippen LogP) is 2.62. The molecular weight excluding hydrogens is 348 g/mol. The Morgan fingerprint density at radius 2 is 1.82 bits per heavy atom. The normalized spacial score (nSPS) is 16.2. The van der Waals surface area contributed by atoms with Gasteiger partial charge in [-0.25, -0.2) is 5.01 Å². The minimum Gasteiger partial charge on any atom is -0.508 e. The minimum absolute atomic E-state index is 0.0469. The van der Waals surface area contributed by atoms with Crippen LogP contribution in [0.3, 0.4) is 0 Å². The first-order chi connectivity index (χ1) is 10.5. The number of hydrazine groups is 1. The second kappa shape index (κ2) is 5.65. The van der Waals surface area contributed by atoms with Crippen molar-refractivity contribution in [2.45, 2.75) is 0 Å². The van der Waals surface area contributed by atoms with Crippen molar-refractivity contribution < 1.29 is 14.7 Å².